The fourth-order valence-electron chi connectivity index (χ4n) is 1.82. The van der Waals surface area contributed by atoms with Crippen LogP contribution in [-0.4, -0.2) is 15.5 Å². The number of aromatic amines is 1. The minimum Gasteiger partial charge on any atom is -0.298 e. The monoisotopic (exact) mass is 268 g/mol. The molecule has 0 bridgehead atoms. The average molecular weight is 268 g/mol. The number of rotatable bonds is 2. The van der Waals surface area contributed by atoms with Crippen LogP contribution in [0.3, 0.4) is 0 Å². The van der Waals surface area contributed by atoms with Gasteiger partial charge in [-0.15, -0.1) is 11.3 Å². The molecule has 0 aromatic carbocycles. The molecule has 0 atom stereocenters. The Morgan fingerprint density at radius 1 is 1.50 bits per heavy atom. The van der Waals surface area contributed by atoms with E-state index in [1.165, 1.54) is 0 Å². The second kappa shape index (κ2) is 4.39. The molecule has 96 valence electrons. The number of hydrogen-bond acceptors (Lipinski definition) is 5. The van der Waals surface area contributed by atoms with Gasteiger partial charge in [0.2, 0.25) is 0 Å². The SMILES string of the molecule is CCn1c(=O)[nH]c2sc(C(=O)NN)c(C)c2c1=O. The number of H-pyrrole nitrogens is 1. The molecule has 4 N–H and O–H groups in total. The molecular formula is C10H12N4O3S. The molecule has 0 spiro atoms. The van der Waals surface area contributed by atoms with E-state index in [1.54, 1.807) is 13.8 Å². The molecule has 0 unspecified atom stereocenters. The summed E-state index contributed by atoms with van der Waals surface area (Å²) in [7, 11) is 0. The Balaban J connectivity index is 2.91. The first-order valence-corrected chi connectivity index (χ1v) is 6.10. The summed E-state index contributed by atoms with van der Waals surface area (Å²) < 4.78 is 1.09. The van der Waals surface area contributed by atoms with Gasteiger partial charge in [-0.05, 0) is 19.4 Å². The molecule has 0 saturated carbocycles. The highest BCUT2D eigenvalue weighted by atomic mass is 32.1. The van der Waals surface area contributed by atoms with Gasteiger partial charge in [-0.1, -0.05) is 0 Å². The molecule has 18 heavy (non-hydrogen) atoms. The summed E-state index contributed by atoms with van der Waals surface area (Å²) in [4.78, 5) is 38.6. The van der Waals surface area contributed by atoms with Gasteiger partial charge in [-0.2, -0.15) is 0 Å². The van der Waals surface area contributed by atoms with Gasteiger partial charge in [0.05, 0.1) is 10.3 Å². The number of hydrazine groups is 1. The molecule has 0 saturated heterocycles. The van der Waals surface area contributed by atoms with Crippen molar-refractivity contribution in [2.75, 3.05) is 0 Å². The number of aryl methyl sites for hydroxylation is 1. The van der Waals surface area contributed by atoms with E-state index in [1.807, 2.05) is 5.43 Å². The third kappa shape index (κ3) is 1.66. The Bertz CT molecular complexity index is 740. The van der Waals surface area contributed by atoms with Crippen LogP contribution in [0.4, 0.5) is 0 Å². The number of carbonyl (C=O) groups is 1. The van der Waals surface area contributed by atoms with Gasteiger partial charge in [0.25, 0.3) is 11.5 Å². The zero-order chi connectivity index (χ0) is 13.4. The second-order valence-corrected chi connectivity index (χ2v) is 4.73. The van der Waals surface area contributed by atoms with Crippen LogP contribution < -0.4 is 22.5 Å². The zero-order valence-corrected chi connectivity index (χ0v) is 10.7. The minimum absolute atomic E-state index is 0.276. The second-order valence-electron chi connectivity index (χ2n) is 3.71. The summed E-state index contributed by atoms with van der Waals surface area (Å²) in [5.74, 6) is 4.60. The molecule has 0 radical (unpaired) electrons. The molecule has 8 heteroatoms. The van der Waals surface area contributed by atoms with Gasteiger partial charge < -0.3 is 0 Å². The molecule has 0 aliphatic heterocycles. The van der Waals surface area contributed by atoms with Crippen LogP contribution >= 0.6 is 11.3 Å². The van der Waals surface area contributed by atoms with Crippen LogP contribution in [0.1, 0.15) is 22.2 Å². The van der Waals surface area contributed by atoms with Gasteiger partial charge in [0, 0.05) is 6.54 Å². The number of nitrogens with zero attached hydrogens (tertiary/aromatic N) is 1. The van der Waals surface area contributed by atoms with E-state index in [9.17, 15) is 14.4 Å². The molecule has 2 rings (SSSR count). The topological polar surface area (TPSA) is 110 Å². The Hall–Kier alpha value is -1.93. The number of nitrogens with two attached hydrogens (primary N) is 1. The van der Waals surface area contributed by atoms with Crippen molar-refractivity contribution < 1.29 is 4.79 Å². The first kappa shape index (κ1) is 12.5. The number of nitrogen functional groups attached to an aromatic ring is 1. The van der Waals surface area contributed by atoms with Crippen molar-refractivity contribution in [1.29, 1.82) is 0 Å². The standard InChI is InChI=1S/C10H12N4O3S/c1-3-14-9(16)5-4(2)6(7(15)13-11)18-8(5)12-10(14)17/h3,11H2,1-2H3,(H,12,17)(H,13,15). The summed E-state index contributed by atoms with van der Waals surface area (Å²) in [5, 5.41) is 0.361. The Morgan fingerprint density at radius 3 is 2.72 bits per heavy atom. The van der Waals surface area contributed by atoms with Crippen LogP contribution in [0.5, 0.6) is 0 Å². The van der Waals surface area contributed by atoms with Gasteiger partial charge in [-0.3, -0.25) is 24.6 Å². The molecular weight excluding hydrogens is 256 g/mol. The number of carbonyl (C=O) groups excluding carboxylic acids is 1. The van der Waals surface area contributed by atoms with E-state index in [2.05, 4.69) is 4.98 Å². The predicted molar refractivity (Wildman–Crippen MR) is 68.8 cm³/mol. The first-order valence-electron chi connectivity index (χ1n) is 5.28. The van der Waals surface area contributed by atoms with E-state index < -0.39 is 11.6 Å². The van der Waals surface area contributed by atoms with Gasteiger partial charge >= 0.3 is 5.69 Å². The third-order valence-corrected chi connectivity index (χ3v) is 3.93. The number of hydrogen-bond donors (Lipinski definition) is 3. The number of amides is 1. The largest absolute Gasteiger partial charge is 0.329 e. The summed E-state index contributed by atoms with van der Waals surface area (Å²) >= 11 is 1.04. The molecule has 0 aliphatic carbocycles. The lowest BCUT2D eigenvalue weighted by Gasteiger charge is -2.00. The smallest absolute Gasteiger partial charge is 0.298 e. The summed E-state index contributed by atoms with van der Waals surface area (Å²) in [6.07, 6.45) is 0. The van der Waals surface area contributed by atoms with Crippen LogP contribution in [0.2, 0.25) is 0 Å². The van der Waals surface area contributed by atoms with Crippen molar-refractivity contribution in [1.82, 2.24) is 15.0 Å². The van der Waals surface area contributed by atoms with Crippen LogP contribution in [0.25, 0.3) is 10.2 Å². The van der Waals surface area contributed by atoms with Gasteiger partial charge in [0.1, 0.15) is 4.83 Å². The maximum Gasteiger partial charge on any atom is 0.329 e. The Morgan fingerprint density at radius 2 is 2.17 bits per heavy atom. The molecule has 2 aromatic heterocycles. The van der Waals surface area contributed by atoms with Gasteiger partial charge in [-0.25, -0.2) is 10.6 Å². The summed E-state index contributed by atoms with van der Waals surface area (Å²) in [6.45, 7) is 3.64. The van der Waals surface area contributed by atoms with E-state index >= 15 is 0 Å². The van der Waals surface area contributed by atoms with Crippen molar-refractivity contribution in [3.8, 4) is 0 Å². The summed E-state index contributed by atoms with van der Waals surface area (Å²) in [5.41, 5.74) is 1.68. The lowest BCUT2D eigenvalue weighted by Crippen LogP contribution is -2.34. The Kier molecular flexibility index (Phi) is 3.05. The summed E-state index contributed by atoms with van der Waals surface area (Å²) in [6, 6.07) is 0. The van der Waals surface area contributed by atoms with Crippen molar-refractivity contribution in [3.63, 3.8) is 0 Å². The first-order chi connectivity index (χ1) is 8.51. The van der Waals surface area contributed by atoms with Crippen molar-refractivity contribution >= 4 is 27.5 Å². The minimum atomic E-state index is -0.476. The molecule has 0 aliphatic rings. The van der Waals surface area contributed by atoms with Crippen LogP contribution in [0, 0.1) is 6.92 Å². The number of thiophene rings is 1. The van der Waals surface area contributed by atoms with E-state index in [-0.39, 0.29) is 12.1 Å². The highest BCUT2D eigenvalue weighted by Crippen LogP contribution is 2.25. The predicted octanol–water partition coefficient (Wildman–Crippen LogP) is -0.317. The average Bonchev–Trinajstić information content (AvgIpc) is 2.66. The number of nitrogens with one attached hydrogen (secondary N) is 2. The third-order valence-electron chi connectivity index (χ3n) is 2.72. The fraction of sp³-hybridized carbons (Fsp3) is 0.300. The molecule has 1 amide bonds. The maximum absolute atomic E-state index is 12.1. The van der Waals surface area contributed by atoms with Crippen molar-refractivity contribution in [2.45, 2.75) is 20.4 Å². The normalized spacial score (nSPS) is 10.8. The van der Waals surface area contributed by atoms with Crippen molar-refractivity contribution in [3.05, 3.63) is 31.3 Å². The quantitative estimate of drug-likeness (QED) is 0.394. The van der Waals surface area contributed by atoms with Crippen molar-refractivity contribution in [2.24, 2.45) is 5.84 Å². The molecule has 2 heterocycles. The van der Waals surface area contributed by atoms with E-state index in [0.29, 0.717) is 20.7 Å². The highest BCUT2D eigenvalue weighted by molar-refractivity contribution is 7.20. The molecule has 0 fully saturated rings. The number of fused-ring (bicyclic) bond motifs is 1. The maximum atomic E-state index is 12.1. The molecule has 2 aromatic rings. The Labute approximate surface area is 105 Å². The van der Waals surface area contributed by atoms with Crippen LogP contribution in [-0.2, 0) is 6.54 Å². The van der Waals surface area contributed by atoms with E-state index in [0.717, 1.165) is 15.9 Å². The zero-order valence-electron chi connectivity index (χ0n) is 9.86. The lowest BCUT2D eigenvalue weighted by molar-refractivity contribution is 0.0957. The van der Waals surface area contributed by atoms with E-state index in [4.69, 9.17) is 5.84 Å². The fourth-order valence-corrected chi connectivity index (χ4v) is 2.91. The molecule has 7 nitrogen and oxygen atoms in total. The highest BCUT2D eigenvalue weighted by Gasteiger charge is 2.19. The number of aromatic nitrogens is 2. The van der Waals surface area contributed by atoms with Crippen LogP contribution in [0.15, 0.2) is 9.59 Å². The van der Waals surface area contributed by atoms with Gasteiger partial charge in [0.15, 0.2) is 0 Å². The lowest BCUT2D eigenvalue weighted by atomic mass is 10.2.